The molecule has 0 bridgehead atoms. The van der Waals surface area contributed by atoms with Crippen molar-refractivity contribution in [2.24, 2.45) is 0 Å². The van der Waals surface area contributed by atoms with E-state index >= 15 is 0 Å². The molecule has 0 aliphatic heterocycles. The van der Waals surface area contributed by atoms with Crippen molar-refractivity contribution in [3.63, 3.8) is 0 Å². The van der Waals surface area contributed by atoms with Crippen LogP contribution >= 0.6 is 0 Å². The highest BCUT2D eigenvalue weighted by atomic mass is 16.3. The van der Waals surface area contributed by atoms with Crippen molar-refractivity contribution in [2.45, 2.75) is 37.5 Å². The fraction of sp³-hybridized carbons (Fsp3) is 0.118. The second-order valence-electron chi connectivity index (χ2n) is 15.5. The van der Waals surface area contributed by atoms with Gasteiger partial charge in [-0.05, 0) is 71.5 Å². The fourth-order valence-corrected chi connectivity index (χ4v) is 9.91. The van der Waals surface area contributed by atoms with Gasteiger partial charge in [-0.2, -0.15) is 0 Å². The van der Waals surface area contributed by atoms with E-state index in [1.807, 2.05) is 36.4 Å². The highest BCUT2D eigenvalue weighted by Gasteiger charge is 2.44. The lowest BCUT2D eigenvalue weighted by molar-refractivity contribution is 0.353. The van der Waals surface area contributed by atoms with Gasteiger partial charge in [0.2, 0.25) is 0 Å². The van der Waals surface area contributed by atoms with E-state index in [0.29, 0.717) is 17.5 Å². The molecule has 5 nitrogen and oxygen atoms in total. The molecule has 0 N–H and O–H groups in total. The van der Waals surface area contributed by atoms with E-state index < -0.39 is 0 Å². The highest BCUT2D eigenvalue weighted by Crippen LogP contribution is 2.57. The third-order valence-corrected chi connectivity index (χ3v) is 12.4. The summed E-state index contributed by atoms with van der Waals surface area (Å²) in [6, 6.07) is 56.1. The number of furan rings is 1. The lowest BCUT2D eigenvalue weighted by atomic mass is 9.68. The molecule has 3 aromatic heterocycles. The molecule has 1 saturated carbocycles. The zero-order valence-corrected chi connectivity index (χ0v) is 30.7. The van der Waals surface area contributed by atoms with Crippen LogP contribution in [0.5, 0.6) is 0 Å². The summed E-state index contributed by atoms with van der Waals surface area (Å²) in [5.74, 6) is 1.92. The summed E-state index contributed by atoms with van der Waals surface area (Å²) >= 11 is 0. The van der Waals surface area contributed by atoms with Gasteiger partial charge in [-0.15, -0.1) is 0 Å². The number of nitrogens with zero attached hydrogens (tertiary/aromatic N) is 4. The Morgan fingerprint density at radius 1 is 0.464 bits per heavy atom. The minimum atomic E-state index is 0.0573. The van der Waals surface area contributed by atoms with Crippen molar-refractivity contribution in [3.05, 3.63) is 169 Å². The summed E-state index contributed by atoms with van der Waals surface area (Å²) in [5.41, 5.74) is 13.6. The van der Waals surface area contributed by atoms with Gasteiger partial charge in [0.05, 0.1) is 11.0 Å². The normalized spacial score (nSPS) is 14.6. The summed E-state index contributed by atoms with van der Waals surface area (Å²) in [6.07, 6.45) is 6.21. The molecule has 1 spiro atoms. The van der Waals surface area contributed by atoms with Crippen LogP contribution in [0.2, 0.25) is 0 Å². The molecule has 12 rings (SSSR count). The van der Waals surface area contributed by atoms with Crippen molar-refractivity contribution in [1.82, 2.24) is 19.5 Å². The maximum Gasteiger partial charge on any atom is 0.164 e. The lowest BCUT2D eigenvalue weighted by Crippen LogP contribution is -2.27. The van der Waals surface area contributed by atoms with Crippen LogP contribution in [0.15, 0.2) is 162 Å². The quantitative estimate of drug-likeness (QED) is 0.182. The van der Waals surface area contributed by atoms with Gasteiger partial charge in [0, 0.05) is 49.3 Å². The highest BCUT2D eigenvalue weighted by molar-refractivity contribution is 6.22. The molecular weight excluding hydrogens is 685 g/mol. The Morgan fingerprint density at radius 2 is 1.11 bits per heavy atom. The largest absolute Gasteiger partial charge is 0.454 e. The number of para-hydroxylation sites is 1. The first-order valence-electron chi connectivity index (χ1n) is 19.7. The second-order valence-corrected chi connectivity index (χ2v) is 15.5. The molecule has 0 saturated heterocycles. The third kappa shape index (κ3) is 4.58. The number of benzene rings is 7. The zero-order valence-electron chi connectivity index (χ0n) is 30.7. The number of hydrogen-bond acceptors (Lipinski definition) is 4. The summed E-state index contributed by atoms with van der Waals surface area (Å²) < 4.78 is 9.24. The molecule has 1 fully saturated rings. The van der Waals surface area contributed by atoms with Crippen LogP contribution in [-0.2, 0) is 5.41 Å². The van der Waals surface area contributed by atoms with Gasteiger partial charge in [-0.25, -0.2) is 15.0 Å². The second kappa shape index (κ2) is 12.1. The van der Waals surface area contributed by atoms with Gasteiger partial charge in [0.25, 0.3) is 0 Å². The molecule has 266 valence electrons. The number of fused-ring (bicyclic) bond motifs is 12. The monoisotopic (exact) mass is 720 g/mol. The molecule has 56 heavy (non-hydrogen) atoms. The fourth-order valence-electron chi connectivity index (χ4n) is 9.91. The van der Waals surface area contributed by atoms with E-state index in [1.54, 1.807) is 0 Å². The number of aromatic nitrogens is 4. The first-order valence-corrected chi connectivity index (χ1v) is 19.7. The molecular formula is C51H36N4O. The third-order valence-electron chi connectivity index (χ3n) is 12.4. The van der Waals surface area contributed by atoms with Crippen LogP contribution in [0.4, 0.5) is 0 Å². The zero-order chi connectivity index (χ0) is 36.8. The Hall–Kier alpha value is -6.85. The predicted molar refractivity (Wildman–Crippen MR) is 227 cm³/mol. The van der Waals surface area contributed by atoms with E-state index in [0.717, 1.165) is 55.3 Å². The summed E-state index contributed by atoms with van der Waals surface area (Å²) in [7, 11) is 0. The molecule has 2 aliphatic rings. The van der Waals surface area contributed by atoms with Gasteiger partial charge in [0.15, 0.2) is 23.1 Å². The SMILES string of the molecule is c1ccc(-c2nc(-c3ccccc3)nc(-c3cccc(-n4c5cc6c(cc5c5ccc7c8ccccc8oc7c54)C4(CCCCC4)c4ccccc4-6)c3)n2)cc1. The van der Waals surface area contributed by atoms with Gasteiger partial charge in [-0.3, -0.25) is 0 Å². The average molecular weight is 721 g/mol. The molecule has 2 aliphatic carbocycles. The van der Waals surface area contributed by atoms with E-state index in [2.05, 4.69) is 126 Å². The van der Waals surface area contributed by atoms with Crippen LogP contribution in [0, 0.1) is 0 Å². The van der Waals surface area contributed by atoms with E-state index in [1.165, 1.54) is 65.1 Å². The molecule has 0 unspecified atom stereocenters. The summed E-state index contributed by atoms with van der Waals surface area (Å²) in [4.78, 5) is 15.1. The summed E-state index contributed by atoms with van der Waals surface area (Å²) in [5, 5.41) is 4.69. The Kier molecular flexibility index (Phi) is 6.79. The van der Waals surface area contributed by atoms with Crippen LogP contribution < -0.4 is 0 Å². The lowest BCUT2D eigenvalue weighted by Gasteiger charge is -2.36. The number of rotatable bonds is 4. The molecule has 0 atom stereocenters. The Labute approximate surface area is 323 Å². The number of hydrogen-bond donors (Lipinski definition) is 0. The van der Waals surface area contributed by atoms with Crippen LogP contribution in [0.25, 0.3) is 94.7 Å². The van der Waals surface area contributed by atoms with E-state index in [-0.39, 0.29) is 5.41 Å². The molecule has 10 aromatic rings. The maximum absolute atomic E-state index is 6.81. The predicted octanol–water partition coefficient (Wildman–Crippen LogP) is 13.1. The molecule has 7 aromatic carbocycles. The van der Waals surface area contributed by atoms with Gasteiger partial charge < -0.3 is 8.98 Å². The average Bonchev–Trinajstić information content (AvgIpc) is 3.90. The van der Waals surface area contributed by atoms with Crippen molar-refractivity contribution < 1.29 is 4.42 Å². The van der Waals surface area contributed by atoms with Crippen LogP contribution in [-0.4, -0.2) is 19.5 Å². The van der Waals surface area contributed by atoms with Crippen LogP contribution in [0.3, 0.4) is 0 Å². The van der Waals surface area contributed by atoms with Crippen molar-refractivity contribution in [3.8, 4) is 51.0 Å². The van der Waals surface area contributed by atoms with Gasteiger partial charge in [0.1, 0.15) is 5.58 Å². The molecule has 0 amide bonds. The van der Waals surface area contributed by atoms with Crippen molar-refractivity contribution in [2.75, 3.05) is 0 Å². The molecule has 3 heterocycles. The summed E-state index contributed by atoms with van der Waals surface area (Å²) in [6.45, 7) is 0. The Balaban J connectivity index is 1.14. The molecule has 0 radical (unpaired) electrons. The van der Waals surface area contributed by atoms with Gasteiger partial charge in [-0.1, -0.05) is 141 Å². The minimum absolute atomic E-state index is 0.0573. The van der Waals surface area contributed by atoms with Crippen molar-refractivity contribution >= 4 is 43.7 Å². The minimum Gasteiger partial charge on any atom is -0.454 e. The van der Waals surface area contributed by atoms with E-state index in [9.17, 15) is 0 Å². The first-order chi connectivity index (χ1) is 27.7. The van der Waals surface area contributed by atoms with E-state index in [4.69, 9.17) is 19.4 Å². The Morgan fingerprint density at radius 3 is 1.88 bits per heavy atom. The first kappa shape index (κ1) is 31.5. The maximum atomic E-state index is 6.81. The molecule has 5 heteroatoms. The smallest absolute Gasteiger partial charge is 0.164 e. The Bertz CT molecular complexity index is 3110. The standard InChI is InChI=1S/C51H36N4O/c1-4-15-32(16-5-1)48-52-49(33-17-6-2-7-18-33)54-50(53-48)34-19-14-20-35(29-34)55-44-31-40-36-21-8-10-23-42(36)51(27-12-3-13-28-51)43(40)30-41(44)38-25-26-39-37-22-9-11-24-45(37)56-47(39)46(38)55/h1-2,4-11,14-26,29-31H,3,12-13,27-28H2. The van der Waals surface area contributed by atoms with Crippen molar-refractivity contribution in [1.29, 1.82) is 0 Å². The topological polar surface area (TPSA) is 56.7 Å². The van der Waals surface area contributed by atoms with Crippen LogP contribution in [0.1, 0.15) is 43.2 Å². The van der Waals surface area contributed by atoms with Gasteiger partial charge >= 0.3 is 0 Å².